The zero-order valence-electron chi connectivity index (χ0n) is 11.8. The number of rotatable bonds is 5. The molecule has 1 aromatic carbocycles. The van der Waals surface area contributed by atoms with Gasteiger partial charge in [0.25, 0.3) is 5.91 Å². The van der Waals surface area contributed by atoms with Crippen molar-refractivity contribution in [1.82, 2.24) is 4.98 Å². The predicted octanol–water partition coefficient (Wildman–Crippen LogP) is 3.29. The SMILES string of the molecule is CC(C)Cc1nc(NC(=O)c2ccccc2)sc1C(=O)O. The van der Waals surface area contributed by atoms with Crippen LogP contribution in [-0.2, 0) is 6.42 Å². The molecular formula is C15H16N2O3S. The van der Waals surface area contributed by atoms with Gasteiger partial charge in [-0.05, 0) is 24.5 Å². The summed E-state index contributed by atoms with van der Waals surface area (Å²) in [7, 11) is 0. The van der Waals surface area contributed by atoms with Crippen molar-refractivity contribution >= 4 is 28.3 Å². The van der Waals surface area contributed by atoms with Gasteiger partial charge in [-0.15, -0.1) is 0 Å². The molecule has 21 heavy (non-hydrogen) atoms. The Bertz CT molecular complexity index is 650. The third kappa shape index (κ3) is 3.88. The lowest BCUT2D eigenvalue weighted by molar-refractivity contribution is 0.0700. The van der Waals surface area contributed by atoms with Crippen LogP contribution in [0.25, 0.3) is 0 Å². The molecule has 0 bridgehead atoms. The number of hydrogen-bond donors (Lipinski definition) is 2. The number of benzene rings is 1. The summed E-state index contributed by atoms with van der Waals surface area (Å²) in [5.74, 6) is -1.01. The van der Waals surface area contributed by atoms with Gasteiger partial charge in [0.15, 0.2) is 5.13 Å². The summed E-state index contributed by atoms with van der Waals surface area (Å²) >= 11 is 0.990. The lowest BCUT2D eigenvalue weighted by Gasteiger charge is -2.02. The zero-order valence-corrected chi connectivity index (χ0v) is 12.6. The number of carboxylic acids is 1. The third-order valence-corrected chi connectivity index (χ3v) is 3.75. The number of thiazole rings is 1. The van der Waals surface area contributed by atoms with Crippen LogP contribution < -0.4 is 5.32 Å². The Balaban J connectivity index is 2.21. The maximum Gasteiger partial charge on any atom is 0.347 e. The van der Waals surface area contributed by atoms with E-state index in [1.165, 1.54) is 0 Å². The van der Waals surface area contributed by atoms with Crippen molar-refractivity contribution in [3.63, 3.8) is 0 Å². The van der Waals surface area contributed by atoms with E-state index in [1.807, 2.05) is 19.9 Å². The Morgan fingerprint density at radius 1 is 1.29 bits per heavy atom. The maximum absolute atomic E-state index is 12.0. The van der Waals surface area contributed by atoms with Gasteiger partial charge in [-0.1, -0.05) is 43.4 Å². The number of aromatic nitrogens is 1. The average Bonchev–Trinajstić information content (AvgIpc) is 2.81. The molecule has 1 aromatic heterocycles. The van der Waals surface area contributed by atoms with Crippen LogP contribution in [0, 0.1) is 5.92 Å². The number of aromatic carboxylic acids is 1. The molecular weight excluding hydrogens is 288 g/mol. The minimum absolute atomic E-state index is 0.187. The van der Waals surface area contributed by atoms with Crippen LogP contribution in [-0.4, -0.2) is 22.0 Å². The molecule has 0 atom stereocenters. The van der Waals surface area contributed by atoms with Gasteiger partial charge in [-0.25, -0.2) is 9.78 Å². The highest BCUT2D eigenvalue weighted by molar-refractivity contribution is 7.17. The number of hydrogen-bond acceptors (Lipinski definition) is 4. The number of carbonyl (C=O) groups excluding carboxylic acids is 1. The zero-order chi connectivity index (χ0) is 15.4. The van der Waals surface area contributed by atoms with Crippen molar-refractivity contribution in [3.05, 3.63) is 46.5 Å². The van der Waals surface area contributed by atoms with Gasteiger partial charge in [0.1, 0.15) is 4.88 Å². The summed E-state index contributed by atoms with van der Waals surface area (Å²) in [5.41, 5.74) is 1.03. The van der Waals surface area contributed by atoms with Crippen LogP contribution in [0.3, 0.4) is 0 Å². The van der Waals surface area contributed by atoms with Crippen molar-refractivity contribution in [2.24, 2.45) is 5.92 Å². The monoisotopic (exact) mass is 304 g/mol. The van der Waals surface area contributed by atoms with Gasteiger partial charge >= 0.3 is 5.97 Å². The second kappa shape index (κ2) is 6.49. The van der Waals surface area contributed by atoms with E-state index in [2.05, 4.69) is 10.3 Å². The second-order valence-electron chi connectivity index (χ2n) is 5.02. The van der Waals surface area contributed by atoms with Gasteiger partial charge in [0.2, 0.25) is 0 Å². The van der Waals surface area contributed by atoms with E-state index >= 15 is 0 Å². The van der Waals surface area contributed by atoms with Gasteiger partial charge in [-0.2, -0.15) is 0 Å². The van der Waals surface area contributed by atoms with Crippen molar-refractivity contribution in [2.45, 2.75) is 20.3 Å². The molecule has 0 aliphatic rings. The van der Waals surface area contributed by atoms with Crippen molar-refractivity contribution in [3.8, 4) is 0 Å². The fourth-order valence-corrected chi connectivity index (χ4v) is 2.68. The van der Waals surface area contributed by atoms with E-state index in [0.717, 1.165) is 11.3 Å². The summed E-state index contributed by atoms with van der Waals surface area (Å²) in [6, 6.07) is 8.74. The second-order valence-corrected chi connectivity index (χ2v) is 6.02. The molecule has 2 rings (SSSR count). The van der Waals surface area contributed by atoms with Crippen molar-refractivity contribution in [1.29, 1.82) is 0 Å². The lowest BCUT2D eigenvalue weighted by Crippen LogP contribution is -2.11. The lowest BCUT2D eigenvalue weighted by atomic mass is 10.1. The van der Waals surface area contributed by atoms with Crippen LogP contribution in [0.15, 0.2) is 30.3 Å². The van der Waals surface area contributed by atoms with Crippen LogP contribution in [0.5, 0.6) is 0 Å². The number of nitrogens with zero attached hydrogens (tertiary/aromatic N) is 1. The van der Waals surface area contributed by atoms with Crippen LogP contribution in [0.4, 0.5) is 5.13 Å². The van der Waals surface area contributed by atoms with Crippen LogP contribution in [0.1, 0.15) is 39.6 Å². The summed E-state index contributed by atoms with van der Waals surface area (Å²) in [6.45, 7) is 3.99. The fourth-order valence-electron chi connectivity index (χ4n) is 1.86. The van der Waals surface area contributed by atoms with E-state index in [1.54, 1.807) is 24.3 Å². The number of carboxylic acid groups (broad SMARTS) is 1. The molecule has 0 unspecified atom stereocenters. The Hall–Kier alpha value is -2.21. The van der Waals surface area contributed by atoms with E-state index in [-0.39, 0.29) is 10.8 Å². The Morgan fingerprint density at radius 2 is 1.95 bits per heavy atom. The number of carbonyl (C=O) groups is 2. The summed E-state index contributed by atoms with van der Waals surface area (Å²) < 4.78 is 0. The molecule has 6 heteroatoms. The first-order valence-corrected chi connectivity index (χ1v) is 7.38. The molecule has 1 amide bonds. The molecule has 1 heterocycles. The first-order valence-electron chi connectivity index (χ1n) is 6.56. The predicted molar refractivity (Wildman–Crippen MR) is 82.0 cm³/mol. The normalized spacial score (nSPS) is 10.6. The highest BCUT2D eigenvalue weighted by atomic mass is 32.1. The van der Waals surface area contributed by atoms with Crippen LogP contribution in [0.2, 0.25) is 0 Å². The summed E-state index contributed by atoms with van der Waals surface area (Å²) in [6.07, 6.45) is 0.569. The van der Waals surface area contributed by atoms with Gasteiger partial charge in [0.05, 0.1) is 5.69 Å². The minimum atomic E-state index is -1.01. The molecule has 0 aliphatic carbocycles. The Kier molecular flexibility index (Phi) is 4.70. The molecule has 0 spiro atoms. The Labute approximate surface area is 126 Å². The molecule has 0 saturated heterocycles. The fraction of sp³-hybridized carbons (Fsp3) is 0.267. The topological polar surface area (TPSA) is 79.3 Å². The molecule has 5 nitrogen and oxygen atoms in total. The van der Waals surface area contributed by atoms with Gasteiger partial charge < -0.3 is 5.11 Å². The molecule has 0 fully saturated rings. The maximum atomic E-state index is 12.0. The largest absolute Gasteiger partial charge is 0.477 e. The highest BCUT2D eigenvalue weighted by Gasteiger charge is 2.19. The third-order valence-electron chi connectivity index (χ3n) is 2.75. The van der Waals surface area contributed by atoms with E-state index < -0.39 is 5.97 Å². The molecule has 0 aliphatic heterocycles. The molecule has 2 N–H and O–H groups in total. The molecule has 0 radical (unpaired) electrons. The number of anilines is 1. The highest BCUT2D eigenvalue weighted by Crippen LogP contribution is 2.25. The standard InChI is InChI=1S/C15H16N2O3S/c1-9(2)8-11-12(14(19)20)21-15(16-11)17-13(18)10-6-4-3-5-7-10/h3-7,9H,8H2,1-2H3,(H,19,20)(H,16,17,18). The number of nitrogens with one attached hydrogen (secondary N) is 1. The van der Waals surface area contributed by atoms with E-state index in [4.69, 9.17) is 0 Å². The summed E-state index contributed by atoms with van der Waals surface area (Å²) in [5, 5.41) is 12.2. The smallest absolute Gasteiger partial charge is 0.347 e. The molecule has 2 aromatic rings. The van der Waals surface area contributed by atoms with Crippen molar-refractivity contribution < 1.29 is 14.7 Å². The minimum Gasteiger partial charge on any atom is -0.477 e. The molecule has 110 valence electrons. The van der Waals surface area contributed by atoms with Gasteiger partial charge in [0, 0.05) is 5.56 Å². The first-order chi connectivity index (χ1) is 9.97. The summed E-state index contributed by atoms with van der Waals surface area (Å²) in [4.78, 5) is 27.7. The Morgan fingerprint density at radius 3 is 2.52 bits per heavy atom. The van der Waals surface area contributed by atoms with E-state index in [0.29, 0.717) is 28.7 Å². The average molecular weight is 304 g/mol. The van der Waals surface area contributed by atoms with Crippen LogP contribution >= 0.6 is 11.3 Å². The van der Waals surface area contributed by atoms with Crippen molar-refractivity contribution in [2.75, 3.05) is 5.32 Å². The first kappa shape index (κ1) is 15.2. The van der Waals surface area contributed by atoms with E-state index in [9.17, 15) is 14.7 Å². The molecule has 0 saturated carbocycles. The van der Waals surface area contributed by atoms with Gasteiger partial charge in [-0.3, -0.25) is 10.1 Å². The quantitative estimate of drug-likeness (QED) is 0.888. The number of amides is 1.